The lowest BCUT2D eigenvalue weighted by Crippen LogP contribution is -2.12. The predicted molar refractivity (Wildman–Crippen MR) is 107 cm³/mol. The molecule has 128 valence electrons. The van der Waals surface area contributed by atoms with Crippen molar-refractivity contribution in [1.82, 2.24) is 4.57 Å². The number of aromatic nitrogens is 1. The molecule has 1 aliphatic heterocycles. The van der Waals surface area contributed by atoms with Crippen LogP contribution in [0.25, 0.3) is 44.3 Å². The van der Waals surface area contributed by atoms with Crippen LogP contribution < -0.4 is 0 Å². The zero-order valence-electron chi connectivity index (χ0n) is 14.5. The molecule has 0 spiro atoms. The summed E-state index contributed by atoms with van der Waals surface area (Å²) in [5.74, 6) is 0.818. The smallest absolute Gasteiger partial charge is 0.236 e. The van der Waals surface area contributed by atoms with Gasteiger partial charge in [-0.2, -0.15) is 0 Å². The van der Waals surface area contributed by atoms with Crippen molar-refractivity contribution < 1.29 is 9.21 Å². The minimum atomic E-state index is 0.0750. The molecular weight excluding hydrogens is 334 g/mol. The Kier molecular flexibility index (Phi) is 2.81. The number of carbonyl (C=O) groups is 1. The number of hydrogen-bond acceptors (Lipinski definition) is 2. The highest BCUT2D eigenvalue weighted by Crippen LogP contribution is 2.43. The minimum Gasteiger partial charge on any atom is -0.461 e. The van der Waals surface area contributed by atoms with E-state index in [4.69, 9.17) is 4.42 Å². The lowest BCUT2D eigenvalue weighted by molar-refractivity contribution is 0.0925. The molecular formula is C24H15NO2. The SMILES string of the molecule is O=C1Cc2ccccc2-c2cccc3c4coc(-c5ccccc5)c4n1c23. The first-order chi connectivity index (χ1) is 13.3. The van der Waals surface area contributed by atoms with Crippen LogP contribution in [0.1, 0.15) is 10.4 Å². The Bertz CT molecular complexity index is 1360. The maximum absolute atomic E-state index is 13.3. The van der Waals surface area contributed by atoms with Crippen molar-refractivity contribution in [3.8, 4) is 22.5 Å². The van der Waals surface area contributed by atoms with E-state index >= 15 is 0 Å². The van der Waals surface area contributed by atoms with Crippen LogP contribution in [-0.2, 0) is 6.42 Å². The molecule has 5 aromatic rings. The van der Waals surface area contributed by atoms with Gasteiger partial charge in [-0.05, 0) is 11.1 Å². The van der Waals surface area contributed by atoms with Crippen LogP contribution in [0.15, 0.2) is 83.5 Å². The molecule has 0 radical (unpaired) electrons. The predicted octanol–water partition coefficient (Wildman–Crippen LogP) is 5.92. The second-order valence-corrected chi connectivity index (χ2v) is 6.96. The molecule has 6 rings (SSSR count). The van der Waals surface area contributed by atoms with E-state index in [9.17, 15) is 4.79 Å². The Morgan fingerprint density at radius 2 is 1.52 bits per heavy atom. The highest BCUT2D eigenvalue weighted by atomic mass is 16.3. The molecule has 3 heteroatoms. The molecule has 2 aromatic heterocycles. The van der Waals surface area contributed by atoms with Gasteiger partial charge in [-0.25, -0.2) is 0 Å². The van der Waals surface area contributed by atoms with Crippen molar-refractivity contribution in [2.45, 2.75) is 6.42 Å². The fraction of sp³-hybridized carbons (Fsp3) is 0.0417. The van der Waals surface area contributed by atoms with Crippen LogP contribution in [0, 0.1) is 0 Å². The van der Waals surface area contributed by atoms with Crippen LogP contribution in [0.2, 0.25) is 0 Å². The molecule has 0 saturated heterocycles. The van der Waals surface area contributed by atoms with Crippen molar-refractivity contribution in [3.63, 3.8) is 0 Å². The zero-order chi connectivity index (χ0) is 18.0. The van der Waals surface area contributed by atoms with Gasteiger partial charge in [-0.3, -0.25) is 9.36 Å². The summed E-state index contributed by atoms with van der Waals surface area (Å²) in [5, 5.41) is 2.04. The average Bonchev–Trinajstić information content (AvgIpc) is 3.23. The average molecular weight is 349 g/mol. The van der Waals surface area contributed by atoms with E-state index in [0.717, 1.165) is 49.8 Å². The van der Waals surface area contributed by atoms with Crippen LogP contribution in [0.5, 0.6) is 0 Å². The monoisotopic (exact) mass is 349 g/mol. The van der Waals surface area contributed by atoms with Crippen LogP contribution in [-0.4, -0.2) is 10.5 Å². The maximum Gasteiger partial charge on any atom is 0.236 e. The Hall–Kier alpha value is -3.59. The van der Waals surface area contributed by atoms with Gasteiger partial charge >= 0.3 is 0 Å². The number of carbonyl (C=O) groups excluding carboxylic acids is 1. The van der Waals surface area contributed by atoms with Gasteiger partial charge in [-0.15, -0.1) is 0 Å². The van der Waals surface area contributed by atoms with Gasteiger partial charge in [-0.1, -0.05) is 72.8 Å². The fourth-order valence-electron chi connectivity index (χ4n) is 4.32. The number of fused-ring (bicyclic) bond motifs is 5. The van der Waals surface area contributed by atoms with Gasteiger partial charge in [0.05, 0.1) is 11.9 Å². The lowest BCUT2D eigenvalue weighted by atomic mass is 9.97. The summed E-state index contributed by atoms with van der Waals surface area (Å²) in [5.41, 5.74) is 6.11. The summed E-state index contributed by atoms with van der Waals surface area (Å²) >= 11 is 0. The molecule has 0 aliphatic carbocycles. The van der Waals surface area contributed by atoms with Gasteiger partial charge in [0.1, 0.15) is 11.8 Å². The Morgan fingerprint density at radius 3 is 2.41 bits per heavy atom. The molecule has 0 bridgehead atoms. The Morgan fingerprint density at radius 1 is 0.741 bits per heavy atom. The van der Waals surface area contributed by atoms with Crippen LogP contribution >= 0.6 is 0 Å². The topological polar surface area (TPSA) is 35.1 Å². The fourth-order valence-corrected chi connectivity index (χ4v) is 4.32. The second-order valence-electron chi connectivity index (χ2n) is 6.96. The Balaban J connectivity index is 1.81. The summed E-state index contributed by atoms with van der Waals surface area (Å²) in [6.07, 6.45) is 2.16. The first kappa shape index (κ1) is 14.6. The molecule has 0 amide bonds. The van der Waals surface area contributed by atoms with Gasteiger partial charge in [0.2, 0.25) is 5.91 Å². The lowest BCUT2D eigenvalue weighted by Gasteiger charge is -2.06. The van der Waals surface area contributed by atoms with Crippen molar-refractivity contribution in [2.24, 2.45) is 0 Å². The van der Waals surface area contributed by atoms with Crippen molar-refractivity contribution in [2.75, 3.05) is 0 Å². The minimum absolute atomic E-state index is 0.0750. The summed E-state index contributed by atoms with van der Waals surface area (Å²) in [7, 11) is 0. The first-order valence-electron chi connectivity index (χ1n) is 9.04. The maximum atomic E-state index is 13.3. The van der Waals surface area contributed by atoms with E-state index < -0.39 is 0 Å². The van der Waals surface area contributed by atoms with Crippen LogP contribution in [0.4, 0.5) is 0 Å². The molecule has 0 fully saturated rings. The highest BCUT2D eigenvalue weighted by molar-refractivity contribution is 6.20. The molecule has 3 heterocycles. The summed E-state index contributed by atoms with van der Waals surface area (Å²) in [6, 6.07) is 24.4. The first-order valence-corrected chi connectivity index (χ1v) is 9.04. The normalized spacial score (nSPS) is 13.1. The molecule has 3 nitrogen and oxygen atoms in total. The van der Waals surface area contributed by atoms with Crippen LogP contribution in [0.3, 0.4) is 0 Å². The molecule has 0 saturated carbocycles. The molecule has 3 aromatic carbocycles. The van der Waals surface area contributed by atoms with Crippen molar-refractivity contribution in [1.29, 1.82) is 0 Å². The molecule has 0 atom stereocenters. The van der Waals surface area contributed by atoms with E-state index in [2.05, 4.69) is 24.3 Å². The number of benzene rings is 3. The van der Waals surface area contributed by atoms with Gasteiger partial charge < -0.3 is 4.42 Å². The molecule has 0 unspecified atom stereocenters. The third kappa shape index (κ3) is 1.88. The summed E-state index contributed by atoms with van der Waals surface area (Å²) in [4.78, 5) is 13.3. The third-order valence-corrected chi connectivity index (χ3v) is 5.47. The summed E-state index contributed by atoms with van der Waals surface area (Å²) in [6.45, 7) is 0. The van der Waals surface area contributed by atoms with Gasteiger partial charge in [0, 0.05) is 21.9 Å². The quantitative estimate of drug-likeness (QED) is 0.377. The number of para-hydroxylation sites is 1. The largest absolute Gasteiger partial charge is 0.461 e. The van der Waals surface area contributed by atoms with E-state index in [0.29, 0.717) is 6.42 Å². The van der Waals surface area contributed by atoms with E-state index in [1.54, 1.807) is 6.26 Å². The number of rotatable bonds is 1. The number of nitrogens with zero attached hydrogens (tertiary/aromatic N) is 1. The molecule has 1 aliphatic rings. The van der Waals surface area contributed by atoms with E-state index in [-0.39, 0.29) is 5.91 Å². The highest BCUT2D eigenvalue weighted by Gasteiger charge is 2.27. The number of furan rings is 1. The zero-order valence-corrected chi connectivity index (χ0v) is 14.5. The third-order valence-electron chi connectivity index (χ3n) is 5.47. The van der Waals surface area contributed by atoms with E-state index in [1.165, 1.54) is 0 Å². The van der Waals surface area contributed by atoms with Crippen molar-refractivity contribution >= 4 is 27.7 Å². The molecule has 27 heavy (non-hydrogen) atoms. The van der Waals surface area contributed by atoms with E-state index in [1.807, 2.05) is 53.1 Å². The van der Waals surface area contributed by atoms with Crippen molar-refractivity contribution in [3.05, 3.63) is 84.6 Å². The van der Waals surface area contributed by atoms with Gasteiger partial charge in [0.15, 0.2) is 5.76 Å². The number of hydrogen-bond donors (Lipinski definition) is 0. The van der Waals surface area contributed by atoms with Gasteiger partial charge in [0.25, 0.3) is 0 Å². The summed E-state index contributed by atoms with van der Waals surface area (Å²) < 4.78 is 7.82. The standard InChI is InChI=1S/C24H15NO2/c26-21-13-16-9-4-5-10-17(16)18-11-6-12-19-20-14-27-24(15-7-2-1-3-8-15)23(20)25(21)22(18)19/h1-12,14H,13H2. The Labute approximate surface area is 155 Å². The second kappa shape index (κ2) is 5.21. The molecule has 0 N–H and O–H groups in total.